The lowest BCUT2D eigenvalue weighted by atomic mass is 10.0. The van der Waals surface area contributed by atoms with Crippen LogP contribution in [0, 0.1) is 0 Å². The first-order valence-electron chi connectivity index (χ1n) is 7.70. The van der Waals surface area contributed by atoms with Crippen molar-refractivity contribution in [3.05, 3.63) is 35.7 Å². The maximum atomic E-state index is 12.5. The van der Waals surface area contributed by atoms with Gasteiger partial charge in [0, 0.05) is 19.2 Å². The average molecular weight is 355 g/mol. The van der Waals surface area contributed by atoms with Gasteiger partial charge in [-0.1, -0.05) is 29.4 Å². The minimum absolute atomic E-state index is 0.0255. The number of alkyl halides is 3. The highest BCUT2D eigenvalue weighted by molar-refractivity contribution is 5.78. The Kier molecular flexibility index (Phi) is 4.76. The van der Waals surface area contributed by atoms with Crippen LogP contribution in [0.15, 0.2) is 28.8 Å². The number of hydrogen-bond donors (Lipinski definition) is 0. The predicted octanol–water partition coefficient (Wildman–Crippen LogP) is 3.07. The highest BCUT2D eigenvalue weighted by Crippen LogP contribution is 2.33. The van der Waals surface area contributed by atoms with Gasteiger partial charge in [0.05, 0.1) is 6.04 Å². The molecule has 0 radical (unpaired) electrons. The van der Waals surface area contributed by atoms with Crippen LogP contribution in [0.4, 0.5) is 13.2 Å². The molecule has 9 heteroatoms. The van der Waals surface area contributed by atoms with Crippen molar-refractivity contribution in [2.45, 2.75) is 25.1 Å². The SMILES string of the molecule is COCC(=O)N1CCCC1c1ccc(-c2noc(C(F)(F)F)n2)cc1. The number of halogens is 3. The lowest BCUT2D eigenvalue weighted by Gasteiger charge is -2.25. The molecule has 0 saturated carbocycles. The molecule has 1 aromatic heterocycles. The minimum Gasteiger partial charge on any atom is -0.375 e. The number of aromatic nitrogens is 2. The highest BCUT2D eigenvalue weighted by atomic mass is 19.4. The summed E-state index contributed by atoms with van der Waals surface area (Å²) < 4.78 is 46.7. The van der Waals surface area contributed by atoms with Crippen LogP contribution in [-0.4, -0.2) is 41.2 Å². The van der Waals surface area contributed by atoms with Gasteiger partial charge in [-0.05, 0) is 18.4 Å². The summed E-state index contributed by atoms with van der Waals surface area (Å²) in [6, 6.07) is 6.71. The number of likely N-dealkylation sites (tertiary alicyclic amines) is 1. The van der Waals surface area contributed by atoms with Gasteiger partial charge < -0.3 is 14.2 Å². The van der Waals surface area contributed by atoms with Crippen molar-refractivity contribution in [2.75, 3.05) is 20.3 Å². The molecule has 134 valence electrons. The Morgan fingerprint density at radius 3 is 2.68 bits per heavy atom. The number of hydrogen-bond acceptors (Lipinski definition) is 5. The number of amides is 1. The second-order valence-electron chi connectivity index (χ2n) is 5.72. The van der Waals surface area contributed by atoms with Gasteiger partial charge in [0.25, 0.3) is 0 Å². The molecule has 0 aliphatic carbocycles. The van der Waals surface area contributed by atoms with E-state index in [2.05, 4.69) is 14.7 Å². The van der Waals surface area contributed by atoms with Crippen LogP contribution >= 0.6 is 0 Å². The molecule has 0 bridgehead atoms. The zero-order valence-electron chi connectivity index (χ0n) is 13.4. The van der Waals surface area contributed by atoms with Gasteiger partial charge in [0.1, 0.15) is 6.61 Å². The van der Waals surface area contributed by atoms with E-state index in [0.29, 0.717) is 12.1 Å². The molecule has 2 aromatic rings. The number of carbonyl (C=O) groups is 1. The predicted molar refractivity (Wildman–Crippen MR) is 80.3 cm³/mol. The lowest BCUT2D eigenvalue weighted by molar-refractivity contribution is -0.159. The van der Waals surface area contributed by atoms with Gasteiger partial charge in [0.15, 0.2) is 0 Å². The third-order valence-corrected chi connectivity index (χ3v) is 4.06. The average Bonchev–Trinajstić information content (AvgIpc) is 3.24. The molecule has 1 unspecified atom stereocenters. The Labute approximate surface area is 141 Å². The van der Waals surface area contributed by atoms with Crippen molar-refractivity contribution in [3.63, 3.8) is 0 Å². The maximum Gasteiger partial charge on any atom is 0.471 e. The monoisotopic (exact) mass is 355 g/mol. The van der Waals surface area contributed by atoms with Gasteiger partial charge >= 0.3 is 12.1 Å². The molecule has 25 heavy (non-hydrogen) atoms. The summed E-state index contributed by atoms with van der Waals surface area (Å²) in [5.41, 5.74) is 1.32. The van der Waals surface area contributed by atoms with E-state index >= 15 is 0 Å². The second kappa shape index (κ2) is 6.83. The molecule has 0 spiro atoms. The van der Waals surface area contributed by atoms with E-state index in [9.17, 15) is 18.0 Å². The number of ether oxygens (including phenoxy) is 1. The number of rotatable bonds is 4. The van der Waals surface area contributed by atoms with E-state index in [-0.39, 0.29) is 24.4 Å². The normalized spacial score (nSPS) is 17.9. The van der Waals surface area contributed by atoms with E-state index in [1.54, 1.807) is 29.2 Å². The summed E-state index contributed by atoms with van der Waals surface area (Å²) in [5, 5.41) is 3.36. The van der Waals surface area contributed by atoms with Crippen LogP contribution < -0.4 is 0 Å². The molecular formula is C16H16F3N3O3. The maximum absolute atomic E-state index is 12.5. The zero-order chi connectivity index (χ0) is 18.0. The Balaban J connectivity index is 1.78. The first-order valence-corrected chi connectivity index (χ1v) is 7.70. The van der Waals surface area contributed by atoms with Crippen molar-refractivity contribution < 1.29 is 27.2 Å². The van der Waals surface area contributed by atoms with Gasteiger partial charge in [-0.2, -0.15) is 18.2 Å². The van der Waals surface area contributed by atoms with Crippen LogP contribution in [-0.2, 0) is 15.7 Å². The number of methoxy groups -OCH3 is 1. The van der Waals surface area contributed by atoms with Crippen LogP contribution in [0.1, 0.15) is 30.3 Å². The lowest BCUT2D eigenvalue weighted by Crippen LogP contribution is -2.33. The van der Waals surface area contributed by atoms with Crippen molar-refractivity contribution in [1.29, 1.82) is 0 Å². The van der Waals surface area contributed by atoms with Gasteiger partial charge in [-0.3, -0.25) is 4.79 Å². The number of benzene rings is 1. The highest BCUT2D eigenvalue weighted by Gasteiger charge is 2.38. The summed E-state index contributed by atoms with van der Waals surface area (Å²) in [5.74, 6) is -1.58. The summed E-state index contributed by atoms with van der Waals surface area (Å²) in [6.45, 7) is 0.687. The fourth-order valence-corrected chi connectivity index (χ4v) is 2.93. The Morgan fingerprint density at radius 1 is 1.36 bits per heavy atom. The smallest absolute Gasteiger partial charge is 0.375 e. The van der Waals surface area contributed by atoms with Crippen LogP contribution in [0.3, 0.4) is 0 Å². The summed E-state index contributed by atoms with van der Waals surface area (Å²) in [6.07, 6.45) is -2.95. The molecule has 0 N–H and O–H groups in total. The van der Waals surface area contributed by atoms with Gasteiger partial charge in [-0.25, -0.2) is 0 Å². The summed E-state index contributed by atoms with van der Waals surface area (Å²) >= 11 is 0. The molecule has 1 amide bonds. The van der Waals surface area contributed by atoms with E-state index in [1.165, 1.54) is 7.11 Å². The molecule has 1 aliphatic heterocycles. The third-order valence-electron chi connectivity index (χ3n) is 4.06. The van der Waals surface area contributed by atoms with Crippen LogP contribution in [0.2, 0.25) is 0 Å². The fraction of sp³-hybridized carbons (Fsp3) is 0.438. The quantitative estimate of drug-likeness (QED) is 0.843. The van der Waals surface area contributed by atoms with E-state index in [1.807, 2.05) is 0 Å². The second-order valence-corrected chi connectivity index (χ2v) is 5.72. The first kappa shape index (κ1) is 17.4. The van der Waals surface area contributed by atoms with Crippen molar-refractivity contribution in [2.24, 2.45) is 0 Å². The minimum atomic E-state index is -4.67. The molecule has 1 saturated heterocycles. The van der Waals surface area contributed by atoms with Crippen molar-refractivity contribution in [3.8, 4) is 11.4 Å². The summed E-state index contributed by atoms with van der Waals surface area (Å²) in [4.78, 5) is 17.2. The Morgan fingerprint density at radius 2 is 2.08 bits per heavy atom. The van der Waals surface area contributed by atoms with Crippen molar-refractivity contribution >= 4 is 5.91 Å². The summed E-state index contributed by atoms with van der Waals surface area (Å²) in [7, 11) is 1.47. The molecule has 6 nitrogen and oxygen atoms in total. The molecular weight excluding hydrogens is 339 g/mol. The Hall–Kier alpha value is -2.42. The molecule has 2 heterocycles. The van der Waals surface area contributed by atoms with E-state index in [4.69, 9.17) is 4.74 Å². The number of nitrogens with zero attached hydrogens (tertiary/aromatic N) is 3. The molecule has 1 aromatic carbocycles. The molecule has 1 aliphatic rings. The molecule has 1 atom stereocenters. The van der Waals surface area contributed by atoms with E-state index < -0.39 is 12.1 Å². The van der Waals surface area contributed by atoms with Crippen molar-refractivity contribution in [1.82, 2.24) is 15.0 Å². The molecule has 1 fully saturated rings. The Bertz CT molecular complexity index is 743. The fourth-order valence-electron chi connectivity index (χ4n) is 2.93. The topological polar surface area (TPSA) is 68.5 Å². The van der Waals surface area contributed by atoms with Gasteiger partial charge in [0.2, 0.25) is 11.7 Å². The standard InChI is InChI=1S/C16H16F3N3O3/c1-24-9-13(23)22-8-2-3-12(22)10-4-6-11(7-5-10)14-20-15(25-21-14)16(17,18)19/h4-7,12H,2-3,8-9H2,1H3. The van der Waals surface area contributed by atoms with Crippen LogP contribution in [0.25, 0.3) is 11.4 Å². The number of carbonyl (C=O) groups excluding carboxylic acids is 1. The van der Waals surface area contributed by atoms with Crippen LogP contribution in [0.5, 0.6) is 0 Å². The molecule has 3 rings (SSSR count). The third kappa shape index (κ3) is 3.65. The largest absolute Gasteiger partial charge is 0.471 e. The first-order chi connectivity index (χ1) is 11.9. The van der Waals surface area contributed by atoms with E-state index in [0.717, 1.165) is 18.4 Å². The van der Waals surface area contributed by atoms with Gasteiger partial charge in [-0.15, -0.1) is 0 Å². The zero-order valence-corrected chi connectivity index (χ0v) is 13.4.